The molecule has 2 amide bonds. The second-order valence-corrected chi connectivity index (χ2v) is 8.18. The van der Waals surface area contributed by atoms with Crippen molar-refractivity contribution >= 4 is 12.0 Å². The number of cyclic esters (lactones) is 1. The van der Waals surface area contributed by atoms with Crippen molar-refractivity contribution in [3.05, 3.63) is 90.3 Å². The Balaban J connectivity index is 1.51. The van der Waals surface area contributed by atoms with Crippen molar-refractivity contribution in [3.63, 3.8) is 0 Å². The van der Waals surface area contributed by atoms with E-state index in [0.29, 0.717) is 19.4 Å². The molecule has 2 atom stereocenters. The van der Waals surface area contributed by atoms with Crippen LogP contribution in [0.3, 0.4) is 0 Å². The Labute approximate surface area is 188 Å². The van der Waals surface area contributed by atoms with Gasteiger partial charge >= 0.3 is 6.09 Å². The maximum absolute atomic E-state index is 13.1. The molecule has 1 aliphatic heterocycles. The lowest BCUT2D eigenvalue weighted by atomic mass is 9.84. The van der Waals surface area contributed by atoms with Crippen LogP contribution in [0.25, 0.3) is 11.1 Å². The molecule has 32 heavy (non-hydrogen) atoms. The topological polar surface area (TPSA) is 85.5 Å². The number of benzene rings is 2. The third kappa shape index (κ3) is 4.49. The second-order valence-electron chi connectivity index (χ2n) is 8.18. The highest BCUT2D eigenvalue weighted by molar-refractivity contribution is 5.74. The number of carbonyl (C=O) groups is 2. The number of nitrogens with zero attached hydrogens (tertiary/aromatic N) is 2. The Morgan fingerprint density at radius 3 is 2.47 bits per heavy atom. The van der Waals surface area contributed by atoms with Gasteiger partial charge in [0.15, 0.2) is 0 Å². The smallest absolute Gasteiger partial charge is 0.411 e. The van der Waals surface area contributed by atoms with Crippen LogP contribution >= 0.6 is 0 Å². The van der Waals surface area contributed by atoms with Crippen LogP contribution in [0.4, 0.5) is 4.79 Å². The van der Waals surface area contributed by atoms with Gasteiger partial charge in [0.25, 0.3) is 0 Å². The highest BCUT2D eigenvalue weighted by Crippen LogP contribution is 2.40. The van der Waals surface area contributed by atoms with Crippen molar-refractivity contribution in [3.8, 4) is 11.1 Å². The number of rotatable bonds is 7. The monoisotopic (exact) mass is 429 g/mol. The van der Waals surface area contributed by atoms with Gasteiger partial charge in [0.05, 0.1) is 6.04 Å². The highest BCUT2D eigenvalue weighted by atomic mass is 16.6. The van der Waals surface area contributed by atoms with Crippen molar-refractivity contribution in [1.29, 1.82) is 0 Å². The van der Waals surface area contributed by atoms with Crippen molar-refractivity contribution in [2.24, 2.45) is 5.73 Å². The lowest BCUT2D eigenvalue weighted by molar-refractivity contribution is -0.121. The van der Waals surface area contributed by atoms with E-state index >= 15 is 0 Å². The molecule has 0 radical (unpaired) electrons. The summed E-state index contributed by atoms with van der Waals surface area (Å²) in [6.45, 7) is 2.53. The van der Waals surface area contributed by atoms with Gasteiger partial charge in [0.2, 0.25) is 5.91 Å². The number of aromatic nitrogens is 1. The lowest BCUT2D eigenvalue weighted by Gasteiger charge is -2.43. The molecule has 0 spiro atoms. The third-order valence-electron chi connectivity index (χ3n) is 6.20. The normalized spacial score (nSPS) is 19.3. The zero-order valence-corrected chi connectivity index (χ0v) is 18.1. The molecule has 1 aliphatic rings. The quantitative estimate of drug-likeness (QED) is 0.584. The fraction of sp³-hybridized carbons (Fsp3) is 0.269. The molecule has 6 heteroatoms. The summed E-state index contributed by atoms with van der Waals surface area (Å²) in [5, 5.41) is 0. The Morgan fingerprint density at radius 1 is 1.09 bits per heavy atom. The molecule has 1 aromatic heterocycles. The lowest BCUT2D eigenvalue weighted by Crippen LogP contribution is -2.49. The molecule has 2 N–H and O–H groups in total. The number of hydrogen-bond acceptors (Lipinski definition) is 4. The van der Waals surface area contributed by atoms with E-state index in [1.165, 1.54) is 0 Å². The highest BCUT2D eigenvalue weighted by Gasteiger charge is 2.43. The summed E-state index contributed by atoms with van der Waals surface area (Å²) in [6, 6.07) is 21.5. The van der Waals surface area contributed by atoms with Crippen LogP contribution in [0.5, 0.6) is 0 Å². The maximum atomic E-state index is 13.1. The van der Waals surface area contributed by atoms with E-state index in [1.54, 1.807) is 11.1 Å². The Morgan fingerprint density at radius 2 is 1.84 bits per heavy atom. The number of ether oxygens (including phenoxy) is 1. The van der Waals surface area contributed by atoms with Gasteiger partial charge in [-0.3, -0.25) is 9.78 Å². The number of carbonyl (C=O) groups excluding carboxylic acids is 2. The Hall–Kier alpha value is -3.67. The van der Waals surface area contributed by atoms with Crippen LogP contribution in [0.2, 0.25) is 0 Å². The maximum Gasteiger partial charge on any atom is 0.411 e. The van der Waals surface area contributed by atoms with E-state index in [2.05, 4.69) is 4.98 Å². The molecule has 2 heterocycles. The summed E-state index contributed by atoms with van der Waals surface area (Å²) < 4.78 is 6.03. The van der Waals surface area contributed by atoms with E-state index in [9.17, 15) is 9.59 Å². The molecule has 0 saturated carbocycles. The van der Waals surface area contributed by atoms with Crippen LogP contribution in [-0.2, 0) is 15.1 Å². The first-order valence-corrected chi connectivity index (χ1v) is 10.8. The summed E-state index contributed by atoms with van der Waals surface area (Å²) in [6.07, 6.45) is 4.33. The summed E-state index contributed by atoms with van der Waals surface area (Å²) in [4.78, 5) is 30.5. The van der Waals surface area contributed by atoms with Crippen molar-refractivity contribution in [2.45, 2.75) is 37.8 Å². The van der Waals surface area contributed by atoms with E-state index in [1.807, 2.05) is 79.9 Å². The molecule has 2 aromatic carbocycles. The van der Waals surface area contributed by atoms with Gasteiger partial charge < -0.3 is 15.4 Å². The van der Waals surface area contributed by atoms with E-state index in [-0.39, 0.29) is 18.6 Å². The molecular weight excluding hydrogens is 402 g/mol. The van der Waals surface area contributed by atoms with Gasteiger partial charge in [0.1, 0.15) is 5.60 Å². The average Bonchev–Trinajstić information content (AvgIpc) is 2.83. The van der Waals surface area contributed by atoms with Crippen LogP contribution < -0.4 is 5.73 Å². The minimum atomic E-state index is -0.840. The van der Waals surface area contributed by atoms with Gasteiger partial charge in [-0.15, -0.1) is 0 Å². The minimum Gasteiger partial charge on any atom is -0.438 e. The first kappa shape index (κ1) is 21.6. The SMILES string of the molecule is C[C@@H](c1ccc(-c2cccnc2)cc1)N1CCC(CCC(N)=O)(c2ccccc2)OC1=O. The Kier molecular flexibility index (Phi) is 6.21. The molecule has 1 fully saturated rings. The molecule has 3 aromatic rings. The predicted molar refractivity (Wildman–Crippen MR) is 122 cm³/mol. The van der Waals surface area contributed by atoms with Gasteiger partial charge in [-0.25, -0.2) is 4.79 Å². The molecule has 4 rings (SSSR count). The van der Waals surface area contributed by atoms with E-state index in [4.69, 9.17) is 10.5 Å². The average molecular weight is 430 g/mol. The summed E-state index contributed by atoms with van der Waals surface area (Å²) >= 11 is 0. The number of hydrogen-bond donors (Lipinski definition) is 1. The first-order valence-electron chi connectivity index (χ1n) is 10.8. The molecule has 0 bridgehead atoms. The van der Waals surface area contributed by atoms with Gasteiger partial charge in [-0.1, -0.05) is 60.7 Å². The number of amides is 2. The van der Waals surface area contributed by atoms with Gasteiger partial charge in [-0.05, 0) is 35.2 Å². The molecule has 1 unspecified atom stereocenters. The van der Waals surface area contributed by atoms with Gasteiger partial charge in [0, 0.05) is 38.2 Å². The minimum absolute atomic E-state index is 0.143. The van der Waals surface area contributed by atoms with Crippen molar-refractivity contribution < 1.29 is 14.3 Å². The van der Waals surface area contributed by atoms with Crippen molar-refractivity contribution in [2.75, 3.05) is 6.54 Å². The van der Waals surface area contributed by atoms with Crippen LogP contribution in [-0.4, -0.2) is 28.4 Å². The number of pyridine rings is 1. The summed E-state index contributed by atoms with van der Waals surface area (Å²) in [5.41, 5.74) is 8.59. The number of nitrogens with two attached hydrogens (primary N) is 1. The van der Waals surface area contributed by atoms with Crippen LogP contribution in [0, 0.1) is 0 Å². The van der Waals surface area contributed by atoms with E-state index in [0.717, 1.165) is 22.3 Å². The predicted octanol–water partition coefficient (Wildman–Crippen LogP) is 4.81. The zero-order valence-electron chi connectivity index (χ0n) is 18.1. The summed E-state index contributed by atoms with van der Waals surface area (Å²) in [7, 11) is 0. The molecule has 6 nitrogen and oxygen atoms in total. The zero-order chi connectivity index (χ0) is 22.6. The standard InChI is InChI=1S/C26H27N3O3/c1-19(20-9-11-21(12-10-20)22-6-5-16-28-18-22)29-17-15-26(32-25(29)31,14-13-24(27)30)23-7-3-2-4-8-23/h2-12,16,18-19H,13-15,17H2,1H3,(H2,27,30)/t19-,26?/m0/s1. The molecule has 164 valence electrons. The fourth-order valence-corrected chi connectivity index (χ4v) is 4.28. The van der Waals surface area contributed by atoms with Crippen LogP contribution in [0.15, 0.2) is 79.1 Å². The molecule has 1 saturated heterocycles. The third-order valence-corrected chi connectivity index (χ3v) is 6.20. The molecule has 0 aliphatic carbocycles. The number of primary amides is 1. The molecular formula is C26H27N3O3. The van der Waals surface area contributed by atoms with E-state index < -0.39 is 11.5 Å². The van der Waals surface area contributed by atoms with Crippen molar-refractivity contribution in [1.82, 2.24) is 9.88 Å². The fourth-order valence-electron chi connectivity index (χ4n) is 4.28. The summed E-state index contributed by atoms with van der Waals surface area (Å²) in [5.74, 6) is -0.402. The van der Waals surface area contributed by atoms with Gasteiger partial charge in [-0.2, -0.15) is 0 Å². The second kappa shape index (κ2) is 9.22. The Bertz CT molecular complexity index is 1070. The first-order chi connectivity index (χ1) is 15.5. The van der Waals surface area contributed by atoms with Crippen LogP contribution in [0.1, 0.15) is 43.4 Å². The largest absolute Gasteiger partial charge is 0.438 e.